The van der Waals surface area contributed by atoms with E-state index in [-0.39, 0.29) is 5.82 Å². The van der Waals surface area contributed by atoms with Gasteiger partial charge in [0.25, 0.3) is 0 Å². The third-order valence-electron chi connectivity index (χ3n) is 4.21. The van der Waals surface area contributed by atoms with Gasteiger partial charge in [0, 0.05) is 32.0 Å². The summed E-state index contributed by atoms with van der Waals surface area (Å²) in [7, 11) is 1.71. The lowest BCUT2D eigenvalue weighted by atomic mass is 10.1. The summed E-state index contributed by atoms with van der Waals surface area (Å²) in [6, 6.07) is 16.6. The quantitative estimate of drug-likeness (QED) is 0.639. The number of ether oxygens (including phenoxy) is 1. The van der Waals surface area contributed by atoms with Crippen molar-refractivity contribution in [3.05, 3.63) is 93.9 Å². The molecule has 0 unspecified atom stereocenters. The molecular weight excluding hydrogens is 322 g/mol. The minimum absolute atomic E-state index is 0.0844. The van der Waals surface area contributed by atoms with E-state index in [1.54, 1.807) is 13.2 Å². The van der Waals surface area contributed by atoms with Crippen LogP contribution in [0.15, 0.2) is 54.4 Å². The van der Waals surface area contributed by atoms with Crippen LogP contribution < -0.4 is 4.90 Å². The largest absolute Gasteiger partial charge is 0.519 e. The van der Waals surface area contributed by atoms with Crippen molar-refractivity contribution in [2.45, 2.75) is 13.3 Å². The van der Waals surface area contributed by atoms with Gasteiger partial charge in [-0.3, -0.25) is 0 Å². The van der Waals surface area contributed by atoms with Crippen LogP contribution in [0.25, 0.3) is 15.8 Å². The second kappa shape index (κ2) is 10.0. The molecule has 132 valence electrons. The van der Waals surface area contributed by atoms with Crippen molar-refractivity contribution in [1.82, 2.24) is 0 Å². The van der Waals surface area contributed by atoms with Gasteiger partial charge in [0.1, 0.15) is 13.1 Å². The summed E-state index contributed by atoms with van der Waals surface area (Å²) >= 11 is 0. The van der Waals surface area contributed by atoms with Crippen molar-refractivity contribution < 1.29 is 4.74 Å². The summed E-state index contributed by atoms with van der Waals surface area (Å²) in [5.74, 6) is 0.0844. The Morgan fingerprint density at radius 3 is 2.42 bits per heavy atom. The summed E-state index contributed by atoms with van der Waals surface area (Å²) < 4.78 is 5.26. The third kappa shape index (κ3) is 5.48. The first-order valence-corrected chi connectivity index (χ1v) is 8.53. The maximum atomic E-state index is 7.02. The van der Waals surface area contributed by atoms with Crippen molar-refractivity contribution in [2.75, 3.05) is 31.7 Å². The normalized spacial score (nSPS) is 9.85. The highest BCUT2D eigenvalue weighted by atomic mass is 16.5. The maximum Gasteiger partial charge on any atom is 0.519 e. The molecule has 0 heterocycles. The number of methoxy groups -OCH3 is 1. The molecule has 0 saturated carbocycles. The van der Waals surface area contributed by atoms with Crippen LogP contribution in [0, 0.1) is 20.1 Å². The minimum Gasteiger partial charge on any atom is -0.383 e. The molecule has 0 N–H and O–H groups in total. The molecule has 2 aromatic rings. The maximum absolute atomic E-state index is 7.02. The monoisotopic (exact) mass is 345 g/mol. The predicted octanol–water partition coefficient (Wildman–Crippen LogP) is 4.83. The standard InChI is InChI=1S/C22H23N3O/c1-18-16-21(11-10-20(18)17-22(23-2)24-3)25(14-15-26-4)13-12-19-8-6-5-7-9-19/h5-11,16-17H,12-15H2,1,4H3. The average molecular weight is 345 g/mol. The zero-order valence-corrected chi connectivity index (χ0v) is 15.3. The third-order valence-corrected chi connectivity index (χ3v) is 4.21. The second-order valence-electron chi connectivity index (χ2n) is 5.98. The molecule has 0 aliphatic carbocycles. The van der Waals surface area contributed by atoms with Gasteiger partial charge in [0.15, 0.2) is 0 Å². The van der Waals surface area contributed by atoms with Crippen molar-refractivity contribution in [1.29, 1.82) is 0 Å². The van der Waals surface area contributed by atoms with Crippen LogP contribution in [0.5, 0.6) is 0 Å². The fourth-order valence-corrected chi connectivity index (χ4v) is 2.73. The van der Waals surface area contributed by atoms with E-state index in [4.69, 9.17) is 17.9 Å². The lowest BCUT2D eigenvalue weighted by molar-refractivity contribution is 0.205. The first-order chi connectivity index (χ1) is 12.7. The first-order valence-electron chi connectivity index (χ1n) is 8.53. The highest BCUT2D eigenvalue weighted by molar-refractivity contribution is 5.63. The number of hydrogen-bond donors (Lipinski definition) is 0. The van der Waals surface area contributed by atoms with Gasteiger partial charge in [-0.25, -0.2) is 0 Å². The van der Waals surface area contributed by atoms with Gasteiger partial charge >= 0.3 is 5.82 Å². The van der Waals surface area contributed by atoms with Crippen molar-refractivity contribution in [3.8, 4) is 0 Å². The summed E-state index contributed by atoms with van der Waals surface area (Å²) in [6.07, 6.45) is 2.60. The Hall–Kier alpha value is -3.08. The molecule has 0 spiro atoms. The number of benzene rings is 2. The predicted molar refractivity (Wildman–Crippen MR) is 107 cm³/mol. The fourth-order valence-electron chi connectivity index (χ4n) is 2.73. The van der Waals surface area contributed by atoms with E-state index < -0.39 is 0 Å². The Morgan fingerprint density at radius 2 is 1.81 bits per heavy atom. The molecule has 4 heteroatoms. The van der Waals surface area contributed by atoms with Gasteiger partial charge in [-0.05, 0) is 42.2 Å². The molecule has 0 aliphatic heterocycles. The van der Waals surface area contributed by atoms with E-state index in [0.29, 0.717) is 6.61 Å². The zero-order valence-electron chi connectivity index (χ0n) is 15.3. The Morgan fingerprint density at radius 1 is 1.08 bits per heavy atom. The Kier molecular flexibility index (Phi) is 7.43. The Labute approximate surface area is 156 Å². The molecule has 26 heavy (non-hydrogen) atoms. The van der Waals surface area contributed by atoms with Gasteiger partial charge in [0.05, 0.1) is 6.61 Å². The molecule has 0 aliphatic rings. The molecule has 0 amide bonds. The number of aryl methyl sites for hydroxylation is 1. The number of hydrogen-bond acceptors (Lipinski definition) is 2. The van der Waals surface area contributed by atoms with Crippen LogP contribution in [0.1, 0.15) is 16.7 Å². The minimum atomic E-state index is 0.0844. The van der Waals surface area contributed by atoms with Crippen LogP contribution in [-0.4, -0.2) is 26.8 Å². The number of nitrogens with zero attached hydrogens (tertiary/aromatic N) is 3. The highest BCUT2D eigenvalue weighted by Crippen LogP contribution is 2.22. The van der Waals surface area contributed by atoms with Crippen LogP contribution in [0.3, 0.4) is 0 Å². The van der Waals surface area contributed by atoms with Crippen LogP contribution in [-0.2, 0) is 11.2 Å². The average Bonchev–Trinajstić information content (AvgIpc) is 2.68. The molecule has 0 atom stereocenters. The molecule has 0 aromatic heterocycles. The molecule has 2 aromatic carbocycles. The number of anilines is 1. The summed E-state index contributed by atoms with van der Waals surface area (Å²) in [5, 5.41) is 0. The lowest BCUT2D eigenvalue weighted by Gasteiger charge is -2.25. The van der Waals surface area contributed by atoms with Crippen molar-refractivity contribution >= 4 is 11.8 Å². The van der Waals surface area contributed by atoms with E-state index in [2.05, 4.69) is 44.9 Å². The topological polar surface area (TPSA) is 21.2 Å². The number of rotatable bonds is 8. The summed E-state index contributed by atoms with van der Waals surface area (Å²) in [6.45, 7) is 18.4. The van der Waals surface area contributed by atoms with E-state index in [0.717, 1.165) is 36.3 Å². The molecular formula is C22H23N3O. The second-order valence-corrected chi connectivity index (χ2v) is 5.98. The van der Waals surface area contributed by atoms with Crippen molar-refractivity contribution in [2.24, 2.45) is 0 Å². The molecule has 0 fully saturated rings. The van der Waals surface area contributed by atoms with E-state index in [9.17, 15) is 0 Å². The highest BCUT2D eigenvalue weighted by Gasteiger charge is 2.10. The van der Waals surface area contributed by atoms with E-state index in [1.165, 1.54) is 5.56 Å². The molecule has 0 bridgehead atoms. The Balaban J connectivity index is 2.19. The van der Waals surface area contributed by atoms with Gasteiger partial charge in [-0.2, -0.15) is 9.69 Å². The lowest BCUT2D eigenvalue weighted by Crippen LogP contribution is -2.29. The SMILES string of the molecule is [C-]#[N+]C(=Cc1ccc(N(CCOC)CCc2ccccc2)cc1C)[N+]#[C-]. The molecule has 2 rings (SSSR count). The molecule has 0 saturated heterocycles. The van der Waals surface area contributed by atoms with E-state index in [1.807, 2.05) is 25.1 Å². The first kappa shape index (κ1) is 19.2. The van der Waals surface area contributed by atoms with Gasteiger partial charge in [-0.15, -0.1) is 0 Å². The zero-order chi connectivity index (χ0) is 18.8. The smallest absolute Gasteiger partial charge is 0.383 e. The summed E-state index contributed by atoms with van der Waals surface area (Å²) in [5.41, 5.74) is 4.39. The molecule has 0 radical (unpaired) electrons. The van der Waals surface area contributed by atoms with Crippen LogP contribution in [0.2, 0.25) is 0 Å². The van der Waals surface area contributed by atoms with Gasteiger partial charge in [-0.1, -0.05) is 36.4 Å². The Bertz CT molecular complexity index is 813. The van der Waals surface area contributed by atoms with Gasteiger partial charge in [0.2, 0.25) is 0 Å². The van der Waals surface area contributed by atoms with E-state index >= 15 is 0 Å². The molecule has 4 nitrogen and oxygen atoms in total. The summed E-state index contributed by atoms with van der Waals surface area (Å²) in [4.78, 5) is 8.78. The van der Waals surface area contributed by atoms with Crippen molar-refractivity contribution in [3.63, 3.8) is 0 Å². The van der Waals surface area contributed by atoms with Gasteiger partial charge < -0.3 is 9.64 Å². The fraction of sp³-hybridized carbons (Fsp3) is 0.273. The van der Waals surface area contributed by atoms with Crippen LogP contribution in [0.4, 0.5) is 5.69 Å². The van der Waals surface area contributed by atoms with Crippen LogP contribution >= 0.6 is 0 Å².